The van der Waals surface area contributed by atoms with Crippen LogP contribution in [0, 0.1) is 5.82 Å². The highest BCUT2D eigenvalue weighted by atomic mass is 35.5. The number of benzene rings is 1. The number of carbonyl (C=O) groups is 1. The fourth-order valence-electron chi connectivity index (χ4n) is 1.31. The Morgan fingerprint density at radius 1 is 1.58 bits per heavy atom. The van der Waals surface area contributed by atoms with Crippen LogP contribution in [0.5, 0.6) is 0 Å². The van der Waals surface area contributed by atoms with Gasteiger partial charge in [0.1, 0.15) is 11.9 Å². The molecule has 19 heavy (non-hydrogen) atoms. The zero-order valence-electron chi connectivity index (χ0n) is 9.43. The molecule has 0 saturated carbocycles. The molecular weight excluding hydrogens is 293 g/mol. The molecule has 0 aliphatic rings. The summed E-state index contributed by atoms with van der Waals surface area (Å²) in [7, 11) is 0. The van der Waals surface area contributed by atoms with Crippen molar-refractivity contribution < 1.29 is 14.3 Å². The zero-order valence-corrected chi connectivity index (χ0v) is 11.0. The first kappa shape index (κ1) is 13.7. The number of hydrogen-bond acceptors (Lipinski definition) is 5. The molecule has 100 valence electrons. The highest BCUT2D eigenvalue weighted by molar-refractivity contribution is 7.13. The minimum absolute atomic E-state index is 0.0102. The average molecular weight is 302 g/mol. The number of aliphatic carboxylic acids is 1. The van der Waals surface area contributed by atoms with Gasteiger partial charge in [0.25, 0.3) is 0 Å². The first-order chi connectivity index (χ1) is 8.97. The molecule has 0 aliphatic heterocycles. The molecule has 1 unspecified atom stereocenters. The number of aromatic nitrogens is 1. The van der Waals surface area contributed by atoms with Crippen molar-refractivity contribution >= 4 is 39.7 Å². The number of hydrogen-bond donors (Lipinski definition) is 3. The maximum absolute atomic E-state index is 13.0. The molecule has 1 aromatic heterocycles. The number of halogens is 2. The number of nitrogens with zero attached hydrogens (tertiary/aromatic N) is 1. The molecule has 1 atom stereocenters. The van der Waals surface area contributed by atoms with Crippen LogP contribution < -0.4 is 11.1 Å². The number of carboxylic acid groups (broad SMARTS) is 1. The van der Waals surface area contributed by atoms with Gasteiger partial charge < -0.3 is 16.2 Å². The summed E-state index contributed by atoms with van der Waals surface area (Å²) in [6, 6.07) is 2.97. The Kier molecular flexibility index (Phi) is 3.98. The van der Waals surface area contributed by atoms with Crippen molar-refractivity contribution in [3.05, 3.63) is 40.1 Å². The van der Waals surface area contributed by atoms with E-state index in [9.17, 15) is 9.18 Å². The van der Waals surface area contributed by atoms with Crippen LogP contribution >= 0.6 is 22.9 Å². The van der Waals surface area contributed by atoms with Gasteiger partial charge in [0.2, 0.25) is 0 Å². The number of thiazole rings is 1. The Morgan fingerprint density at radius 2 is 2.32 bits per heavy atom. The molecule has 1 heterocycles. The Hall–Kier alpha value is -1.70. The summed E-state index contributed by atoms with van der Waals surface area (Å²) < 4.78 is 13.0. The van der Waals surface area contributed by atoms with Crippen LogP contribution in [0.3, 0.4) is 0 Å². The predicted octanol–water partition coefficient (Wildman–Crippen LogP) is 2.76. The lowest BCUT2D eigenvalue weighted by Gasteiger charge is -2.04. The van der Waals surface area contributed by atoms with E-state index in [1.165, 1.54) is 29.5 Å². The maximum Gasteiger partial charge on any atom is 0.326 e. The maximum atomic E-state index is 13.0. The monoisotopic (exact) mass is 301 g/mol. The van der Waals surface area contributed by atoms with Crippen LogP contribution in [0.2, 0.25) is 5.02 Å². The number of carboxylic acids is 1. The highest BCUT2D eigenvalue weighted by Gasteiger charge is 2.17. The summed E-state index contributed by atoms with van der Waals surface area (Å²) in [5, 5.41) is 13.6. The van der Waals surface area contributed by atoms with Crippen molar-refractivity contribution in [3.63, 3.8) is 0 Å². The van der Waals surface area contributed by atoms with Gasteiger partial charge in [-0.3, -0.25) is 4.79 Å². The van der Waals surface area contributed by atoms with E-state index < -0.39 is 17.8 Å². The zero-order chi connectivity index (χ0) is 14.0. The molecule has 5 nitrogen and oxygen atoms in total. The number of nitrogens with two attached hydrogens (primary N) is 1. The fourth-order valence-corrected chi connectivity index (χ4v) is 2.26. The van der Waals surface area contributed by atoms with Crippen molar-refractivity contribution in [1.82, 2.24) is 4.98 Å². The van der Waals surface area contributed by atoms with Gasteiger partial charge in [-0.2, -0.15) is 0 Å². The first-order valence-electron chi connectivity index (χ1n) is 5.13. The van der Waals surface area contributed by atoms with Gasteiger partial charge >= 0.3 is 5.97 Å². The van der Waals surface area contributed by atoms with Crippen LogP contribution in [0.25, 0.3) is 0 Å². The highest BCUT2D eigenvalue weighted by Crippen LogP contribution is 2.26. The van der Waals surface area contributed by atoms with Gasteiger partial charge in [0, 0.05) is 11.1 Å². The predicted molar refractivity (Wildman–Crippen MR) is 71.4 cm³/mol. The average Bonchev–Trinajstić information content (AvgIpc) is 2.81. The van der Waals surface area contributed by atoms with Crippen LogP contribution in [0.15, 0.2) is 23.6 Å². The molecule has 1 aromatic carbocycles. The van der Waals surface area contributed by atoms with E-state index in [0.717, 1.165) is 0 Å². The van der Waals surface area contributed by atoms with Gasteiger partial charge in [-0.25, -0.2) is 9.37 Å². The summed E-state index contributed by atoms with van der Waals surface area (Å²) in [5.41, 5.74) is 6.24. The van der Waals surface area contributed by atoms with Crippen molar-refractivity contribution in [1.29, 1.82) is 0 Å². The van der Waals surface area contributed by atoms with Crippen LogP contribution in [0.4, 0.5) is 15.2 Å². The third-order valence-corrected chi connectivity index (χ3v) is 3.34. The van der Waals surface area contributed by atoms with Crippen molar-refractivity contribution in [2.24, 2.45) is 5.73 Å². The van der Waals surface area contributed by atoms with Crippen LogP contribution in [-0.4, -0.2) is 16.1 Å². The lowest BCUT2D eigenvalue weighted by Crippen LogP contribution is -2.20. The summed E-state index contributed by atoms with van der Waals surface area (Å²) >= 11 is 6.85. The van der Waals surface area contributed by atoms with Gasteiger partial charge in [-0.15, -0.1) is 11.3 Å². The summed E-state index contributed by atoms with van der Waals surface area (Å²) in [4.78, 5) is 14.8. The second kappa shape index (κ2) is 5.52. The summed E-state index contributed by atoms with van der Waals surface area (Å²) in [6.07, 6.45) is 0. The number of rotatable bonds is 4. The molecule has 4 N–H and O–H groups in total. The standard InChI is InChI=1S/C11H9ClFN3O2S/c12-6-3-5(1-2-7(6)13)15-11-16-8(4-19-11)9(14)10(17)18/h1-4,9H,14H2,(H,15,16)(H,17,18). The van der Waals surface area contributed by atoms with Gasteiger partial charge in [0.05, 0.1) is 10.7 Å². The molecular formula is C11H9ClFN3O2S. The Labute approximate surface area is 116 Å². The van der Waals surface area contributed by atoms with E-state index in [1.807, 2.05) is 0 Å². The largest absolute Gasteiger partial charge is 0.480 e. The molecule has 2 rings (SSSR count). The summed E-state index contributed by atoms with van der Waals surface area (Å²) in [5.74, 6) is -1.67. The lowest BCUT2D eigenvalue weighted by atomic mass is 10.2. The normalized spacial score (nSPS) is 12.2. The van der Waals surface area contributed by atoms with Crippen molar-refractivity contribution in [2.45, 2.75) is 6.04 Å². The van der Waals surface area contributed by atoms with Gasteiger partial charge in [-0.05, 0) is 18.2 Å². The van der Waals surface area contributed by atoms with E-state index in [2.05, 4.69) is 10.3 Å². The van der Waals surface area contributed by atoms with Crippen LogP contribution in [-0.2, 0) is 4.79 Å². The molecule has 0 aliphatic carbocycles. The third kappa shape index (κ3) is 3.19. The van der Waals surface area contributed by atoms with Crippen molar-refractivity contribution in [3.8, 4) is 0 Å². The molecule has 2 aromatic rings. The van der Waals surface area contributed by atoms with Gasteiger partial charge in [-0.1, -0.05) is 11.6 Å². The summed E-state index contributed by atoms with van der Waals surface area (Å²) in [6.45, 7) is 0. The van der Waals surface area contributed by atoms with Crippen molar-refractivity contribution in [2.75, 3.05) is 5.32 Å². The Balaban J connectivity index is 2.15. The quantitative estimate of drug-likeness (QED) is 0.808. The molecule has 0 bridgehead atoms. The minimum Gasteiger partial charge on any atom is -0.480 e. The Bertz CT molecular complexity index is 620. The molecule has 0 saturated heterocycles. The van der Waals surface area contributed by atoms with E-state index >= 15 is 0 Å². The minimum atomic E-state index is -1.16. The second-order valence-electron chi connectivity index (χ2n) is 3.65. The molecule has 8 heteroatoms. The topological polar surface area (TPSA) is 88.2 Å². The van der Waals surface area contributed by atoms with E-state index in [0.29, 0.717) is 10.8 Å². The Morgan fingerprint density at radius 3 is 2.95 bits per heavy atom. The molecule has 0 spiro atoms. The van der Waals surface area contributed by atoms with E-state index in [-0.39, 0.29) is 10.7 Å². The van der Waals surface area contributed by atoms with E-state index in [1.54, 1.807) is 5.38 Å². The number of nitrogens with one attached hydrogen (secondary N) is 1. The fraction of sp³-hybridized carbons (Fsp3) is 0.0909. The second-order valence-corrected chi connectivity index (χ2v) is 4.91. The third-order valence-electron chi connectivity index (χ3n) is 2.28. The number of anilines is 2. The van der Waals surface area contributed by atoms with E-state index in [4.69, 9.17) is 22.4 Å². The first-order valence-corrected chi connectivity index (χ1v) is 6.39. The molecule has 0 amide bonds. The SMILES string of the molecule is NC(C(=O)O)c1csc(Nc2ccc(F)c(Cl)c2)n1. The van der Waals surface area contributed by atoms with Gasteiger partial charge in [0.15, 0.2) is 5.13 Å². The molecule has 0 fully saturated rings. The smallest absolute Gasteiger partial charge is 0.326 e. The lowest BCUT2D eigenvalue weighted by molar-refractivity contribution is -0.138. The molecule has 0 radical (unpaired) electrons. The van der Waals surface area contributed by atoms with Crippen LogP contribution in [0.1, 0.15) is 11.7 Å².